The SMILES string of the molecule is Cc1ccc(-n2c(C)cc(C(=O)OCC(=O)NCc3cccs3)c2C)cc1. The molecule has 1 aromatic carbocycles. The summed E-state index contributed by atoms with van der Waals surface area (Å²) in [6, 6.07) is 13.8. The molecule has 2 heterocycles. The van der Waals surface area contributed by atoms with Crippen LogP contribution in [0.1, 0.15) is 32.2 Å². The van der Waals surface area contributed by atoms with Crippen molar-refractivity contribution >= 4 is 23.2 Å². The van der Waals surface area contributed by atoms with E-state index in [9.17, 15) is 9.59 Å². The molecule has 0 saturated heterocycles. The maximum atomic E-state index is 12.4. The highest BCUT2D eigenvalue weighted by Crippen LogP contribution is 2.22. The maximum Gasteiger partial charge on any atom is 0.340 e. The van der Waals surface area contributed by atoms with E-state index in [0.717, 1.165) is 22.0 Å². The van der Waals surface area contributed by atoms with Gasteiger partial charge in [-0.25, -0.2) is 4.79 Å². The number of esters is 1. The smallest absolute Gasteiger partial charge is 0.340 e. The van der Waals surface area contributed by atoms with Crippen molar-refractivity contribution in [3.05, 3.63) is 75.2 Å². The summed E-state index contributed by atoms with van der Waals surface area (Å²) in [5.41, 5.74) is 4.36. The van der Waals surface area contributed by atoms with Gasteiger partial charge in [0.1, 0.15) is 0 Å². The Kier molecular flexibility index (Phi) is 5.76. The van der Waals surface area contributed by atoms with Crippen LogP contribution in [0, 0.1) is 20.8 Å². The summed E-state index contributed by atoms with van der Waals surface area (Å²) < 4.78 is 7.21. The Balaban J connectivity index is 1.64. The number of thiophene rings is 1. The summed E-state index contributed by atoms with van der Waals surface area (Å²) in [5, 5.41) is 4.69. The van der Waals surface area contributed by atoms with E-state index in [1.54, 1.807) is 17.4 Å². The standard InChI is InChI=1S/C21H22N2O3S/c1-14-6-8-17(9-7-14)23-15(2)11-19(16(23)3)21(25)26-13-20(24)22-12-18-5-4-10-27-18/h4-11H,12-13H2,1-3H3,(H,22,24). The van der Waals surface area contributed by atoms with Gasteiger partial charge in [0.15, 0.2) is 6.61 Å². The summed E-state index contributed by atoms with van der Waals surface area (Å²) in [6.07, 6.45) is 0. The van der Waals surface area contributed by atoms with Crippen LogP contribution in [0.15, 0.2) is 47.8 Å². The zero-order valence-electron chi connectivity index (χ0n) is 15.6. The second kappa shape index (κ2) is 8.22. The lowest BCUT2D eigenvalue weighted by molar-refractivity contribution is -0.124. The topological polar surface area (TPSA) is 60.3 Å². The zero-order valence-corrected chi connectivity index (χ0v) is 16.4. The van der Waals surface area contributed by atoms with Crippen LogP contribution in [0.4, 0.5) is 0 Å². The van der Waals surface area contributed by atoms with E-state index in [0.29, 0.717) is 12.1 Å². The van der Waals surface area contributed by atoms with Crippen LogP contribution in [-0.2, 0) is 16.1 Å². The van der Waals surface area contributed by atoms with Crippen LogP contribution in [0.3, 0.4) is 0 Å². The Morgan fingerprint density at radius 2 is 1.85 bits per heavy atom. The lowest BCUT2D eigenvalue weighted by atomic mass is 10.2. The fraction of sp³-hybridized carbons (Fsp3) is 0.238. The third kappa shape index (κ3) is 4.46. The Bertz CT molecular complexity index is 941. The molecule has 140 valence electrons. The van der Waals surface area contributed by atoms with E-state index >= 15 is 0 Å². The molecule has 5 nitrogen and oxygen atoms in total. The van der Waals surface area contributed by atoms with Crippen molar-refractivity contribution in [2.45, 2.75) is 27.3 Å². The molecule has 0 spiro atoms. The van der Waals surface area contributed by atoms with Crippen molar-refractivity contribution in [3.8, 4) is 5.69 Å². The average molecular weight is 382 g/mol. The summed E-state index contributed by atoms with van der Waals surface area (Å²) in [4.78, 5) is 25.4. The molecule has 3 aromatic rings. The number of amides is 1. The molecule has 2 aromatic heterocycles. The van der Waals surface area contributed by atoms with Gasteiger partial charge in [0, 0.05) is 22.0 Å². The van der Waals surface area contributed by atoms with Crippen LogP contribution in [0.5, 0.6) is 0 Å². The zero-order chi connectivity index (χ0) is 19.4. The monoisotopic (exact) mass is 382 g/mol. The van der Waals surface area contributed by atoms with Crippen molar-refractivity contribution in [3.63, 3.8) is 0 Å². The van der Waals surface area contributed by atoms with Gasteiger partial charge in [-0.2, -0.15) is 0 Å². The van der Waals surface area contributed by atoms with Crippen LogP contribution < -0.4 is 5.32 Å². The molecule has 3 rings (SSSR count). The van der Waals surface area contributed by atoms with Gasteiger partial charge in [0.2, 0.25) is 0 Å². The van der Waals surface area contributed by atoms with Crippen LogP contribution in [0.25, 0.3) is 5.69 Å². The van der Waals surface area contributed by atoms with Crippen LogP contribution in [-0.4, -0.2) is 23.1 Å². The molecule has 0 radical (unpaired) electrons. The molecule has 0 atom stereocenters. The predicted molar refractivity (Wildman–Crippen MR) is 106 cm³/mol. The van der Waals surface area contributed by atoms with Gasteiger partial charge in [-0.3, -0.25) is 4.79 Å². The van der Waals surface area contributed by atoms with Crippen LogP contribution in [0.2, 0.25) is 0 Å². The third-order valence-electron chi connectivity index (χ3n) is 4.32. The lowest BCUT2D eigenvalue weighted by Crippen LogP contribution is -2.28. The highest BCUT2D eigenvalue weighted by Gasteiger charge is 2.18. The van der Waals surface area contributed by atoms with Gasteiger partial charge >= 0.3 is 5.97 Å². The largest absolute Gasteiger partial charge is 0.452 e. The first kappa shape index (κ1) is 18.9. The number of carbonyl (C=O) groups is 2. The number of benzene rings is 1. The first-order valence-corrected chi connectivity index (χ1v) is 9.56. The van der Waals surface area contributed by atoms with Crippen molar-refractivity contribution < 1.29 is 14.3 Å². The fourth-order valence-electron chi connectivity index (χ4n) is 2.92. The maximum absolute atomic E-state index is 12.4. The number of carbonyl (C=O) groups excluding carboxylic acids is 2. The molecule has 0 aliphatic heterocycles. The minimum atomic E-state index is -0.493. The minimum Gasteiger partial charge on any atom is -0.452 e. The molecule has 0 bridgehead atoms. The van der Waals surface area contributed by atoms with Gasteiger partial charge in [0.25, 0.3) is 5.91 Å². The fourth-order valence-corrected chi connectivity index (χ4v) is 3.56. The lowest BCUT2D eigenvalue weighted by Gasteiger charge is -2.10. The van der Waals surface area contributed by atoms with Gasteiger partial charge in [0.05, 0.1) is 12.1 Å². The summed E-state index contributed by atoms with van der Waals surface area (Å²) in [5.74, 6) is -0.808. The highest BCUT2D eigenvalue weighted by molar-refractivity contribution is 7.09. The number of aromatic nitrogens is 1. The molecule has 27 heavy (non-hydrogen) atoms. The molecule has 0 aliphatic rings. The molecule has 1 amide bonds. The summed E-state index contributed by atoms with van der Waals surface area (Å²) in [7, 11) is 0. The molecule has 0 aliphatic carbocycles. The Morgan fingerprint density at radius 1 is 1.11 bits per heavy atom. The van der Waals surface area contributed by atoms with Crippen molar-refractivity contribution in [1.82, 2.24) is 9.88 Å². The number of aryl methyl sites for hydroxylation is 2. The van der Waals surface area contributed by atoms with E-state index in [4.69, 9.17) is 4.74 Å². The van der Waals surface area contributed by atoms with Crippen molar-refractivity contribution in [2.75, 3.05) is 6.61 Å². The molecule has 6 heteroatoms. The Morgan fingerprint density at radius 3 is 2.52 bits per heavy atom. The molecule has 1 N–H and O–H groups in total. The van der Waals surface area contributed by atoms with E-state index in [1.165, 1.54) is 5.56 Å². The van der Waals surface area contributed by atoms with E-state index < -0.39 is 5.97 Å². The number of hydrogen-bond acceptors (Lipinski definition) is 4. The Hall–Kier alpha value is -2.86. The summed E-state index contributed by atoms with van der Waals surface area (Å²) in [6.45, 7) is 6.00. The van der Waals surface area contributed by atoms with E-state index in [-0.39, 0.29) is 12.5 Å². The van der Waals surface area contributed by atoms with Gasteiger partial charge in [-0.05, 0) is 50.4 Å². The quantitative estimate of drug-likeness (QED) is 0.657. The van der Waals surface area contributed by atoms with Crippen LogP contribution >= 0.6 is 11.3 Å². The van der Waals surface area contributed by atoms with Gasteiger partial charge in [-0.1, -0.05) is 23.8 Å². The second-order valence-corrected chi connectivity index (χ2v) is 7.42. The molecular formula is C21H22N2O3S. The van der Waals surface area contributed by atoms with Gasteiger partial charge in [-0.15, -0.1) is 11.3 Å². The number of rotatable bonds is 6. The minimum absolute atomic E-state index is 0.293. The highest BCUT2D eigenvalue weighted by atomic mass is 32.1. The third-order valence-corrected chi connectivity index (χ3v) is 5.19. The first-order valence-electron chi connectivity index (χ1n) is 8.68. The van der Waals surface area contributed by atoms with Crippen molar-refractivity contribution in [1.29, 1.82) is 0 Å². The number of hydrogen-bond donors (Lipinski definition) is 1. The molecule has 0 saturated carbocycles. The Labute approximate surface area is 162 Å². The van der Waals surface area contributed by atoms with E-state index in [1.807, 2.05) is 67.1 Å². The first-order chi connectivity index (χ1) is 13.0. The number of ether oxygens (including phenoxy) is 1. The van der Waals surface area contributed by atoms with E-state index in [2.05, 4.69) is 5.32 Å². The molecule has 0 unspecified atom stereocenters. The molecule has 0 fully saturated rings. The summed E-state index contributed by atoms with van der Waals surface area (Å²) >= 11 is 1.57. The second-order valence-electron chi connectivity index (χ2n) is 6.39. The molecular weight excluding hydrogens is 360 g/mol. The average Bonchev–Trinajstić information content (AvgIpc) is 3.27. The number of nitrogens with zero attached hydrogens (tertiary/aromatic N) is 1. The number of nitrogens with one attached hydrogen (secondary N) is 1. The predicted octanol–water partition coefficient (Wildman–Crippen LogP) is 3.94. The van der Waals surface area contributed by atoms with Gasteiger partial charge < -0.3 is 14.6 Å². The van der Waals surface area contributed by atoms with Crippen molar-refractivity contribution in [2.24, 2.45) is 0 Å². The normalized spacial score (nSPS) is 10.6.